The molecule has 0 saturated heterocycles. The molecule has 16 heavy (non-hydrogen) atoms. The maximum absolute atomic E-state index is 8.26. The molecule has 0 aromatic rings. The molecule has 0 saturated carbocycles. The number of hydrogen-bond acceptors (Lipinski definition) is 6. The smallest absolute Gasteiger partial charge is 0.216 e. The summed E-state index contributed by atoms with van der Waals surface area (Å²) in [5.41, 5.74) is 0. The fraction of sp³-hybridized carbons (Fsp3) is 0.889. The first-order chi connectivity index (χ1) is 7.68. The van der Waals surface area contributed by atoms with Gasteiger partial charge in [0.25, 0.3) is 0 Å². The third-order valence-corrected chi connectivity index (χ3v) is 1.36. The third-order valence-electron chi connectivity index (χ3n) is 1.11. The molecule has 0 bridgehead atoms. The Bertz CT molecular complexity index is 138. The molecular formula is C9H20O5S2. The highest BCUT2D eigenvalue weighted by atomic mass is 32.1. The van der Waals surface area contributed by atoms with Crippen LogP contribution in [0.3, 0.4) is 0 Å². The maximum Gasteiger partial charge on any atom is 0.216 e. The van der Waals surface area contributed by atoms with Gasteiger partial charge in [0, 0.05) is 0 Å². The van der Waals surface area contributed by atoms with E-state index in [1.54, 1.807) is 0 Å². The summed E-state index contributed by atoms with van der Waals surface area (Å²) in [5, 5.41) is 16.5. The lowest BCUT2D eigenvalue weighted by Gasteiger charge is -2.01. The third kappa shape index (κ3) is 23.7. The van der Waals surface area contributed by atoms with Gasteiger partial charge in [0.2, 0.25) is 4.38 Å². The van der Waals surface area contributed by atoms with Gasteiger partial charge in [0.1, 0.15) is 0 Å². The van der Waals surface area contributed by atoms with Gasteiger partial charge in [0.05, 0.1) is 46.2 Å². The fourth-order valence-corrected chi connectivity index (χ4v) is 0.822. The molecule has 0 atom stereocenters. The number of aliphatic hydroxyl groups excluding tert-OH is 2. The van der Waals surface area contributed by atoms with Gasteiger partial charge < -0.3 is 24.4 Å². The Balaban J connectivity index is 0. The number of rotatable bonds is 8. The molecule has 98 valence electrons. The van der Waals surface area contributed by atoms with Crippen molar-refractivity contribution in [3.63, 3.8) is 0 Å². The molecule has 0 aliphatic carbocycles. The highest BCUT2D eigenvalue weighted by Gasteiger charge is 1.86. The van der Waals surface area contributed by atoms with Crippen molar-refractivity contribution >= 4 is 29.2 Å². The standard InChI is InChI=1S/C6H14O4.C3H6OS2/c7-1-3-9-5-6-10-4-2-8;1-2-4-3(5)6/h7-8H,1-6H2;2H2,1H3,(H,5,6). The van der Waals surface area contributed by atoms with Crippen molar-refractivity contribution in [3.05, 3.63) is 0 Å². The van der Waals surface area contributed by atoms with Crippen LogP contribution in [0.15, 0.2) is 0 Å². The number of aliphatic hydroxyl groups is 2. The van der Waals surface area contributed by atoms with Crippen LogP contribution in [-0.4, -0.2) is 60.8 Å². The number of ether oxygens (including phenoxy) is 3. The Morgan fingerprint density at radius 2 is 1.50 bits per heavy atom. The van der Waals surface area contributed by atoms with Crippen molar-refractivity contribution < 1.29 is 24.4 Å². The Hall–Kier alpha value is 0.0800. The summed E-state index contributed by atoms with van der Waals surface area (Å²) in [5.74, 6) is 0. The molecule has 0 heterocycles. The monoisotopic (exact) mass is 272 g/mol. The summed E-state index contributed by atoms with van der Waals surface area (Å²) in [4.78, 5) is 0. The van der Waals surface area contributed by atoms with Crippen molar-refractivity contribution in [3.8, 4) is 0 Å². The average Bonchev–Trinajstić information content (AvgIpc) is 2.24. The van der Waals surface area contributed by atoms with Crippen LogP contribution in [0.25, 0.3) is 0 Å². The Labute approximate surface area is 107 Å². The van der Waals surface area contributed by atoms with E-state index >= 15 is 0 Å². The van der Waals surface area contributed by atoms with Crippen molar-refractivity contribution in [1.82, 2.24) is 0 Å². The predicted octanol–water partition coefficient (Wildman–Crippen LogP) is 0.242. The van der Waals surface area contributed by atoms with E-state index in [1.165, 1.54) is 0 Å². The van der Waals surface area contributed by atoms with Crippen LogP contribution in [0.1, 0.15) is 6.92 Å². The molecular weight excluding hydrogens is 252 g/mol. The SMILES string of the molecule is CCOC(=S)S.OCCOCCOCCO. The molecule has 0 radical (unpaired) electrons. The zero-order valence-electron chi connectivity index (χ0n) is 9.42. The predicted molar refractivity (Wildman–Crippen MR) is 69.0 cm³/mol. The molecule has 0 aliphatic heterocycles. The molecule has 0 unspecified atom stereocenters. The van der Waals surface area contributed by atoms with Gasteiger partial charge in [-0.3, -0.25) is 0 Å². The van der Waals surface area contributed by atoms with E-state index in [2.05, 4.69) is 29.6 Å². The first-order valence-corrected chi connectivity index (χ1v) is 5.77. The molecule has 0 spiro atoms. The van der Waals surface area contributed by atoms with E-state index in [0.29, 0.717) is 37.4 Å². The van der Waals surface area contributed by atoms with Gasteiger partial charge in [-0.2, -0.15) is 0 Å². The molecule has 0 fully saturated rings. The lowest BCUT2D eigenvalue weighted by atomic mass is 10.7. The molecule has 0 aromatic carbocycles. The number of thiol groups is 1. The summed E-state index contributed by atoms with van der Waals surface area (Å²) in [7, 11) is 0. The van der Waals surface area contributed by atoms with E-state index in [9.17, 15) is 0 Å². The summed E-state index contributed by atoms with van der Waals surface area (Å²) >= 11 is 8.12. The number of thiocarbonyl (C=S) groups is 1. The van der Waals surface area contributed by atoms with Crippen LogP contribution in [0, 0.1) is 0 Å². The van der Waals surface area contributed by atoms with Crippen LogP contribution >= 0.6 is 24.8 Å². The highest BCUT2D eigenvalue weighted by Crippen LogP contribution is 1.83. The minimum atomic E-state index is 0.0417. The Kier molecular flexibility index (Phi) is 20.1. The van der Waals surface area contributed by atoms with Gasteiger partial charge in [0.15, 0.2) is 0 Å². The van der Waals surface area contributed by atoms with E-state index in [4.69, 9.17) is 19.7 Å². The minimum Gasteiger partial charge on any atom is -0.479 e. The van der Waals surface area contributed by atoms with Crippen molar-refractivity contribution in [1.29, 1.82) is 0 Å². The average molecular weight is 272 g/mol. The van der Waals surface area contributed by atoms with E-state index in [-0.39, 0.29) is 13.2 Å². The van der Waals surface area contributed by atoms with Crippen LogP contribution in [0.2, 0.25) is 0 Å². The van der Waals surface area contributed by atoms with Gasteiger partial charge in [-0.05, 0) is 19.1 Å². The van der Waals surface area contributed by atoms with Crippen LogP contribution < -0.4 is 0 Å². The topological polar surface area (TPSA) is 68.2 Å². The van der Waals surface area contributed by atoms with E-state index in [0.717, 1.165) is 0 Å². The normalized spacial score (nSPS) is 9.25. The second kappa shape index (κ2) is 17.5. The molecule has 2 N–H and O–H groups in total. The highest BCUT2D eigenvalue weighted by molar-refractivity contribution is 8.10. The lowest BCUT2D eigenvalue weighted by Crippen LogP contribution is -2.09. The lowest BCUT2D eigenvalue weighted by molar-refractivity contribution is 0.0222. The van der Waals surface area contributed by atoms with Crippen LogP contribution in [-0.2, 0) is 14.2 Å². The summed E-state index contributed by atoms with van der Waals surface area (Å²) in [6, 6.07) is 0. The van der Waals surface area contributed by atoms with E-state index in [1.807, 2.05) is 6.92 Å². The molecule has 0 amide bonds. The first-order valence-electron chi connectivity index (χ1n) is 4.91. The molecule has 0 aliphatic rings. The van der Waals surface area contributed by atoms with Gasteiger partial charge in [-0.15, -0.1) is 0 Å². The first kappa shape index (κ1) is 18.4. The minimum absolute atomic E-state index is 0.0417. The molecule has 0 aromatic heterocycles. The maximum atomic E-state index is 8.26. The van der Waals surface area contributed by atoms with Gasteiger partial charge in [-0.25, -0.2) is 0 Å². The second-order valence-corrected chi connectivity index (χ2v) is 3.45. The Morgan fingerprint density at radius 3 is 1.69 bits per heavy atom. The molecule has 0 rings (SSSR count). The summed E-state index contributed by atoms with van der Waals surface area (Å²) in [6.45, 7) is 4.21. The van der Waals surface area contributed by atoms with E-state index < -0.39 is 0 Å². The number of hydrogen-bond donors (Lipinski definition) is 3. The van der Waals surface area contributed by atoms with Crippen molar-refractivity contribution in [2.75, 3.05) is 46.2 Å². The fourth-order valence-electron chi connectivity index (χ4n) is 0.575. The molecule has 7 heteroatoms. The van der Waals surface area contributed by atoms with Crippen LogP contribution in [0.4, 0.5) is 0 Å². The molecule has 5 nitrogen and oxygen atoms in total. The van der Waals surface area contributed by atoms with Crippen LogP contribution in [0.5, 0.6) is 0 Å². The van der Waals surface area contributed by atoms with Crippen molar-refractivity contribution in [2.45, 2.75) is 6.92 Å². The Morgan fingerprint density at radius 1 is 1.06 bits per heavy atom. The largest absolute Gasteiger partial charge is 0.479 e. The zero-order valence-corrected chi connectivity index (χ0v) is 11.1. The van der Waals surface area contributed by atoms with Gasteiger partial charge >= 0.3 is 0 Å². The van der Waals surface area contributed by atoms with Crippen molar-refractivity contribution in [2.24, 2.45) is 0 Å². The zero-order chi connectivity index (χ0) is 12.6. The quantitative estimate of drug-likeness (QED) is 0.334. The summed E-state index contributed by atoms with van der Waals surface area (Å²) < 4.78 is 14.7. The van der Waals surface area contributed by atoms with Gasteiger partial charge in [-0.1, -0.05) is 12.6 Å². The summed E-state index contributed by atoms with van der Waals surface area (Å²) in [6.07, 6.45) is 0. The second-order valence-electron chi connectivity index (χ2n) is 2.37.